The molecule has 5 heteroatoms. The fourth-order valence-electron chi connectivity index (χ4n) is 2.11. The monoisotopic (exact) mass is 330 g/mol. The minimum Gasteiger partial charge on any atom is -0.465 e. The van der Waals surface area contributed by atoms with Crippen LogP contribution in [0.25, 0.3) is 0 Å². The van der Waals surface area contributed by atoms with Crippen molar-refractivity contribution >= 4 is 11.9 Å². The Balaban J connectivity index is 3.72. The zero-order valence-electron chi connectivity index (χ0n) is 14.8. The molecule has 23 heavy (non-hydrogen) atoms. The fraction of sp³-hybridized carbons (Fsp3) is 0.889. The normalized spacial score (nSPS) is 10.8. The average Bonchev–Trinajstić information content (AvgIpc) is 2.55. The van der Waals surface area contributed by atoms with Gasteiger partial charge >= 0.3 is 11.9 Å². The van der Waals surface area contributed by atoms with Crippen molar-refractivity contribution in [3.63, 3.8) is 0 Å². The van der Waals surface area contributed by atoms with Crippen LogP contribution in [0.3, 0.4) is 0 Å². The van der Waals surface area contributed by atoms with Crippen LogP contribution in [0.15, 0.2) is 0 Å². The van der Waals surface area contributed by atoms with E-state index in [1.807, 2.05) is 0 Å². The van der Waals surface area contributed by atoms with Gasteiger partial charge in [0, 0.05) is 12.8 Å². The Morgan fingerprint density at radius 1 is 0.783 bits per heavy atom. The number of hydrogen-bond donors (Lipinski definition) is 1. The summed E-state index contributed by atoms with van der Waals surface area (Å²) in [4.78, 5) is 23.1. The van der Waals surface area contributed by atoms with Crippen LogP contribution in [0, 0.1) is 5.92 Å². The Morgan fingerprint density at radius 2 is 1.22 bits per heavy atom. The third-order valence-corrected chi connectivity index (χ3v) is 3.69. The lowest BCUT2D eigenvalue weighted by atomic mass is 10.1. The SMILES string of the molecule is CCCCCCC(=O)OCC(CO)COC(=O)CCCCCC. The van der Waals surface area contributed by atoms with Gasteiger partial charge in [-0.2, -0.15) is 0 Å². The molecule has 1 N–H and O–H groups in total. The van der Waals surface area contributed by atoms with Crippen molar-refractivity contribution in [2.45, 2.75) is 78.1 Å². The van der Waals surface area contributed by atoms with E-state index in [4.69, 9.17) is 9.47 Å². The highest BCUT2D eigenvalue weighted by molar-refractivity contribution is 5.69. The van der Waals surface area contributed by atoms with Gasteiger partial charge in [0.1, 0.15) is 0 Å². The molecule has 0 radical (unpaired) electrons. The van der Waals surface area contributed by atoms with E-state index < -0.39 is 0 Å². The summed E-state index contributed by atoms with van der Waals surface area (Å²) in [5.41, 5.74) is 0. The summed E-state index contributed by atoms with van der Waals surface area (Å²) in [5, 5.41) is 9.26. The minimum absolute atomic E-state index is 0.103. The van der Waals surface area contributed by atoms with Gasteiger partial charge in [0.05, 0.1) is 25.7 Å². The van der Waals surface area contributed by atoms with E-state index in [1.54, 1.807) is 0 Å². The maximum Gasteiger partial charge on any atom is 0.305 e. The largest absolute Gasteiger partial charge is 0.465 e. The average molecular weight is 330 g/mol. The van der Waals surface area contributed by atoms with E-state index in [9.17, 15) is 14.7 Å². The first kappa shape index (κ1) is 21.9. The van der Waals surface area contributed by atoms with Gasteiger partial charge in [-0.25, -0.2) is 0 Å². The molecule has 0 aromatic carbocycles. The van der Waals surface area contributed by atoms with Crippen LogP contribution in [0.4, 0.5) is 0 Å². The molecule has 0 aromatic heterocycles. The van der Waals surface area contributed by atoms with Crippen molar-refractivity contribution in [2.24, 2.45) is 5.92 Å². The van der Waals surface area contributed by atoms with Crippen LogP contribution in [0.1, 0.15) is 78.1 Å². The third-order valence-electron chi connectivity index (χ3n) is 3.69. The number of aliphatic hydroxyl groups is 1. The van der Waals surface area contributed by atoms with Gasteiger partial charge in [-0.1, -0.05) is 52.4 Å². The molecule has 0 unspecified atom stereocenters. The van der Waals surface area contributed by atoms with E-state index in [0.29, 0.717) is 12.8 Å². The molecule has 0 atom stereocenters. The summed E-state index contributed by atoms with van der Waals surface area (Å²) in [5.74, 6) is -0.829. The third kappa shape index (κ3) is 14.2. The highest BCUT2D eigenvalue weighted by atomic mass is 16.5. The summed E-state index contributed by atoms with van der Waals surface area (Å²) < 4.78 is 10.3. The molecule has 0 heterocycles. The number of aliphatic hydroxyl groups excluding tert-OH is 1. The topological polar surface area (TPSA) is 72.8 Å². The number of carbonyl (C=O) groups excluding carboxylic acids is 2. The lowest BCUT2D eigenvalue weighted by molar-refractivity contribution is -0.149. The molecule has 0 aliphatic rings. The van der Waals surface area contributed by atoms with Crippen molar-refractivity contribution < 1.29 is 24.2 Å². The number of ether oxygens (including phenoxy) is 2. The molecule has 0 bridgehead atoms. The highest BCUT2D eigenvalue weighted by Crippen LogP contribution is 2.07. The first-order chi connectivity index (χ1) is 11.1. The van der Waals surface area contributed by atoms with Gasteiger partial charge in [0.15, 0.2) is 0 Å². The highest BCUT2D eigenvalue weighted by Gasteiger charge is 2.14. The van der Waals surface area contributed by atoms with Gasteiger partial charge in [-0.15, -0.1) is 0 Å². The number of carbonyl (C=O) groups is 2. The van der Waals surface area contributed by atoms with Crippen molar-refractivity contribution in [3.8, 4) is 0 Å². The molecule has 136 valence electrons. The zero-order valence-corrected chi connectivity index (χ0v) is 14.8. The van der Waals surface area contributed by atoms with Crippen LogP contribution >= 0.6 is 0 Å². The van der Waals surface area contributed by atoms with E-state index >= 15 is 0 Å². The van der Waals surface area contributed by atoms with E-state index in [-0.39, 0.29) is 37.7 Å². The maximum absolute atomic E-state index is 11.6. The van der Waals surface area contributed by atoms with Crippen LogP contribution in [0.5, 0.6) is 0 Å². The molecule has 0 aromatic rings. The molecule has 0 saturated carbocycles. The number of hydrogen-bond acceptors (Lipinski definition) is 5. The van der Waals surface area contributed by atoms with Crippen LogP contribution in [-0.2, 0) is 19.1 Å². The molecule has 0 fully saturated rings. The van der Waals surface area contributed by atoms with E-state index in [2.05, 4.69) is 13.8 Å². The summed E-state index contributed by atoms with van der Waals surface area (Å²) in [7, 11) is 0. The molecule has 0 saturated heterocycles. The van der Waals surface area contributed by atoms with Gasteiger partial charge in [-0.3, -0.25) is 9.59 Å². The van der Waals surface area contributed by atoms with Gasteiger partial charge in [-0.05, 0) is 12.8 Å². The van der Waals surface area contributed by atoms with Crippen molar-refractivity contribution in [3.05, 3.63) is 0 Å². The first-order valence-electron chi connectivity index (χ1n) is 9.06. The summed E-state index contributed by atoms with van der Waals surface area (Å²) in [6.07, 6.45) is 9.07. The molecule has 0 aliphatic carbocycles. The predicted molar refractivity (Wildman–Crippen MR) is 90.0 cm³/mol. The second-order valence-electron chi connectivity index (χ2n) is 6.04. The molecule has 5 nitrogen and oxygen atoms in total. The lowest BCUT2D eigenvalue weighted by Crippen LogP contribution is -2.23. The summed E-state index contributed by atoms with van der Waals surface area (Å²) in [6, 6.07) is 0. The second kappa shape index (κ2) is 15.8. The maximum atomic E-state index is 11.6. The van der Waals surface area contributed by atoms with Crippen molar-refractivity contribution in [2.75, 3.05) is 19.8 Å². The molecule has 0 spiro atoms. The van der Waals surface area contributed by atoms with Crippen LogP contribution in [0.2, 0.25) is 0 Å². The van der Waals surface area contributed by atoms with Crippen molar-refractivity contribution in [1.82, 2.24) is 0 Å². The lowest BCUT2D eigenvalue weighted by Gasteiger charge is -2.15. The first-order valence-corrected chi connectivity index (χ1v) is 9.06. The Bertz CT molecular complexity index is 276. The Labute approximate surface area is 140 Å². The molecular formula is C18H34O5. The van der Waals surface area contributed by atoms with Crippen LogP contribution in [-0.4, -0.2) is 36.9 Å². The number of unbranched alkanes of at least 4 members (excludes halogenated alkanes) is 6. The molecule has 0 amide bonds. The van der Waals surface area contributed by atoms with Crippen LogP contribution < -0.4 is 0 Å². The standard InChI is InChI=1S/C18H34O5/c1-3-5-7-9-11-17(20)22-14-16(13-19)15-23-18(21)12-10-8-6-4-2/h16,19H,3-15H2,1-2H3. The summed E-state index contributed by atoms with van der Waals surface area (Å²) >= 11 is 0. The van der Waals surface area contributed by atoms with Gasteiger partial charge in [0.25, 0.3) is 0 Å². The second-order valence-corrected chi connectivity index (χ2v) is 6.04. The Kier molecular flexibility index (Phi) is 15.0. The van der Waals surface area contributed by atoms with Crippen molar-refractivity contribution in [1.29, 1.82) is 0 Å². The van der Waals surface area contributed by atoms with Gasteiger partial charge < -0.3 is 14.6 Å². The molecular weight excluding hydrogens is 296 g/mol. The number of esters is 2. The quantitative estimate of drug-likeness (QED) is 0.367. The minimum atomic E-state index is -0.339. The zero-order chi connectivity index (χ0) is 17.3. The fourth-order valence-corrected chi connectivity index (χ4v) is 2.11. The Hall–Kier alpha value is -1.10. The van der Waals surface area contributed by atoms with E-state index in [0.717, 1.165) is 51.4 Å². The molecule has 0 aliphatic heterocycles. The smallest absolute Gasteiger partial charge is 0.305 e. The predicted octanol–water partition coefficient (Wildman–Crippen LogP) is 3.62. The van der Waals surface area contributed by atoms with Gasteiger partial charge in [0.2, 0.25) is 0 Å². The summed E-state index contributed by atoms with van der Waals surface area (Å²) in [6.45, 7) is 4.29. The Morgan fingerprint density at radius 3 is 1.57 bits per heavy atom. The van der Waals surface area contributed by atoms with E-state index in [1.165, 1.54) is 0 Å². The number of rotatable bonds is 15. The molecule has 0 rings (SSSR count).